The highest BCUT2D eigenvalue weighted by atomic mass is 35.5. The Labute approximate surface area is 162 Å². The minimum atomic E-state index is -3.60. The summed E-state index contributed by atoms with van der Waals surface area (Å²) in [4.78, 5) is 28.2. The van der Waals surface area contributed by atoms with E-state index in [9.17, 15) is 18.0 Å². The van der Waals surface area contributed by atoms with Crippen molar-refractivity contribution in [2.75, 3.05) is 19.4 Å². The molecule has 0 fully saturated rings. The van der Waals surface area contributed by atoms with Gasteiger partial charge >= 0.3 is 5.97 Å². The SMILES string of the molecule is CC(OC(=O)c1ccc(S(=O)(=O)N(C)C)cc1)C(=O)Nc1cccnc1Cl. The Morgan fingerprint density at radius 2 is 1.81 bits per heavy atom. The van der Waals surface area contributed by atoms with Gasteiger partial charge in [-0.3, -0.25) is 4.79 Å². The number of benzene rings is 1. The fourth-order valence-electron chi connectivity index (χ4n) is 1.97. The molecule has 2 aromatic rings. The van der Waals surface area contributed by atoms with Gasteiger partial charge in [0.05, 0.1) is 16.1 Å². The predicted octanol–water partition coefficient (Wildman–Crippen LogP) is 2.17. The van der Waals surface area contributed by atoms with Crippen LogP contribution >= 0.6 is 11.6 Å². The van der Waals surface area contributed by atoms with Crippen LogP contribution in [0.15, 0.2) is 47.5 Å². The Morgan fingerprint density at radius 3 is 2.37 bits per heavy atom. The maximum absolute atomic E-state index is 12.2. The summed E-state index contributed by atoms with van der Waals surface area (Å²) >= 11 is 5.86. The molecule has 0 radical (unpaired) electrons. The number of hydrogen-bond donors (Lipinski definition) is 1. The third-order valence-electron chi connectivity index (χ3n) is 3.54. The van der Waals surface area contributed by atoms with Gasteiger partial charge in [-0.05, 0) is 43.3 Å². The summed E-state index contributed by atoms with van der Waals surface area (Å²) in [5, 5.41) is 2.63. The number of anilines is 1. The van der Waals surface area contributed by atoms with E-state index < -0.39 is 28.0 Å². The first-order valence-electron chi connectivity index (χ1n) is 7.78. The van der Waals surface area contributed by atoms with E-state index in [1.807, 2.05) is 0 Å². The molecule has 0 bridgehead atoms. The first-order valence-corrected chi connectivity index (χ1v) is 9.59. The minimum Gasteiger partial charge on any atom is -0.449 e. The Kier molecular flexibility index (Phi) is 6.53. The Bertz CT molecular complexity index is 945. The summed E-state index contributed by atoms with van der Waals surface area (Å²) in [5.74, 6) is -1.34. The number of pyridine rings is 1. The van der Waals surface area contributed by atoms with E-state index in [4.69, 9.17) is 16.3 Å². The second kappa shape index (κ2) is 8.47. The number of halogens is 1. The van der Waals surface area contributed by atoms with Gasteiger partial charge in [0.15, 0.2) is 11.3 Å². The predicted molar refractivity (Wildman–Crippen MR) is 100 cm³/mol. The van der Waals surface area contributed by atoms with Crippen molar-refractivity contribution < 1.29 is 22.7 Å². The number of carbonyl (C=O) groups is 2. The molecule has 10 heteroatoms. The van der Waals surface area contributed by atoms with Gasteiger partial charge in [0.25, 0.3) is 5.91 Å². The van der Waals surface area contributed by atoms with Gasteiger partial charge in [-0.15, -0.1) is 0 Å². The lowest BCUT2D eigenvalue weighted by molar-refractivity contribution is -0.123. The number of nitrogens with one attached hydrogen (secondary N) is 1. The number of carbonyl (C=O) groups excluding carboxylic acids is 2. The topological polar surface area (TPSA) is 106 Å². The van der Waals surface area contributed by atoms with Crippen LogP contribution in [0.5, 0.6) is 0 Å². The van der Waals surface area contributed by atoms with E-state index in [-0.39, 0.29) is 15.6 Å². The molecule has 8 nitrogen and oxygen atoms in total. The molecule has 1 aromatic heterocycles. The molecule has 144 valence electrons. The van der Waals surface area contributed by atoms with E-state index in [0.29, 0.717) is 5.69 Å². The van der Waals surface area contributed by atoms with Gasteiger partial charge in [0, 0.05) is 20.3 Å². The fourth-order valence-corrected chi connectivity index (χ4v) is 3.04. The average Bonchev–Trinajstić information content (AvgIpc) is 2.63. The highest BCUT2D eigenvalue weighted by Gasteiger charge is 2.21. The number of nitrogens with zero attached hydrogens (tertiary/aromatic N) is 2. The van der Waals surface area contributed by atoms with Crippen molar-refractivity contribution in [3.63, 3.8) is 0 Å². The van der Waals surface area contributed by atoms with Crippen LogP contribution in [0, 0.1) is 0 Å². The first-order chi connectivity index (χ1) is 12.6. The van der Waals surface area contributed by atoms with Crippen LogP contribution in [0.2, 0.25) is 5.15 Å². The highest BCUT2D eigenvalue weighted by Crippen LogP contribution is 2.18. The van der Waals surface area contributed by atoms with E-state index in [1.54, 1.807) is 12.1 Å². The molecule has 27 heavy (non-hydrogen) atoms. The van der Waals surface area contributed by atoms with Crippen LogP contribution in [-0.4, -0.2) is 49.8 Å². The van der Waals surface area contributed by atoms with Crippen molar-refractivity contribution in [3.8, 4) is 0 Å². The summed E-state index contributed by atoms with van der Waals surface area (Å²) in [6.45, 7) is 1.41. The molecule has 0 spiro atoms. The molecular formula is C17H18ClN3O5S. The Hall–Kier alpha value is -2.49. The molecule has 0 aliphatic rings. The zero-order valence-electron chi connectivity index (χ0n) is 14.8. The molecule has 0 saturated heterocycles. The smallest absolute Gasteiger partial charge is 0.338 e. The van der Waals surface area contributed by atoms with Crippen molar-refractivity contribution in [2.45, 2.75) is 17.9 Å². The standard InChI is InChI=1S/C17H18ClN3O5S/c1-11(16(22)20-14-5-4-10-19-15(14)18)26-17(23)12-6-8-13(9-7-12)27(24,25)21(2)3/h4-11H,1-3H3,(H,20,22). The number of sulfonamides is 1. The molecular weight excluding hydrogens is 394 g/mol. The van der Waals surface area contributed by atoms with E-state index in [0.717, 1.165) is 4.31 Å². The molecule has 2 rings (SSSR count). The van der Waals surface area contributed by atoms with Crippen LogP contribution in [0.1, 0.15) is 17.3 Å². The van der Waals surface area contributed by atoms with Crippen LogP contribution < -0.4 is 5.32 Å². The normalized spacial score (nSPS) is 12.5. The fraction of sp³-hybridized carbons (Fsp3) is 0.235. The maximum atomic E-state index is 12.2. The average molecular weight is 412 g/mol. The summed E-state index contributed by atoms with van der Waals surface area (Å²) in [5.41, 5.74) is 0.414. The summed E-state index contributed by atoms with van der Waals surface area (Å²) < 4.78 is 30.2. The number of ether oxygens (including phenoxy) is 1. The Morgan fingerprint density at radius 1 is 1.19 bits per heavy atom. The van der Waals surface area contributed by atoms with Crippen molar-refractivity contribution in [1.29, 1.82) is 0 Å². The van der Waals surface area contributed by atoms with Crippen LogP contribution in [0.4, 0.5) is 5.69 Å². The molecule has 1 heterocycles. The summed E-state index contributed by atoms with van der Waals surface area (Å²) in [7, 11) is -0.778. The molecule has 1 aromatic carbocycles. The largest absolute Gasteiger partial charge is 0.449 e. The van der Waals surface area contributed by atoms with Gasteiger partial charge in [-0.25, -0.2) is 22.5 Å². The molecule has 0 aliphatic carbocycles. The molecule has 1 amide bonds. The second-order valence-electron chi connectivity index (χ2n) is 5.69. The minimum absolute atomic E-state index is 0.0426. The number of rotatable bonds is 6. The summed E-state index contributed by atoms with van der Waals surface area (Å²) in [6.07, 6.45) is 0.376. The third-order valence-corrected chi connectivity index (χ3v) is 5.67. The number of esters is 1. The quantitative estimate of drug-likeness (QED) is 0.576. The van der Waals surface area contributed by atoms with E-state index in [2.05, 4.69) is 10.3 Å². The zero-order valence-corrected chi connectivity index (χ0v) is 16.4. The molecule has 1 atom stereocenters. The molecule has 1 unspecified atom stereocenters. The van der Waals surface area contributed by atoms with Crippen molar-refractivity contribution in [3.05, 3.63) is 53.3 Å². The van der Waals surface area contributed by atoms with Crippen LogP contribution in [0.3, 0.4) is 0 Å². The van der Waals surface area contributed by atoms with Crippen LogP contribution in [0.25, 0.3) is 0 Å². The van der Waals surface area contributed by atoms with Crippen molar-refractivity contribution >= 4 is 39.2 Å². The summed E-state index contributed by atoms with van der Waals surface area (Å²) in [6, 6.07) is 8.40. The Balaban J connectivity index is 2.04. The number of hydrogen-bond acceptors (Lipinski definition) is 6. The number of amides is 1. The van der Waals surface area contributed by atoms with Gasteiger partial charge < -0.3 is 10.1 Å². The van der Waals surface area contributed by atoms with Gasteiger partial charge in [0.2, 0.25) is 10.0 Å². The molecule has 1 N–H and O–H groups in total. The number of aromatic nitrogens is 1. The second-order valence-corrected chi connectivity index (χ2v) is 8.20. The first kappa shape index (κ1) is 20.8. The highest BCUT2D eigenvalue weighted by molar-refractivity contribution is 7.89. The van der Waals surface area contributed by atoms with Crippen molar-refractivity contribution in [1.82, 2.24) is 9.29 Å². The van der Waals surface area contributed by atoms with E-state index in [1.165, 1.54) is 51.5 Å². The van der Waals surface area contributed by atoms with Gasteiger partial charge in [-0.1, -0.05) is 11.6 Å². The lowest BCUT2D eigenvalue weighted by Crippen LogP contribution is -2.30. The molecule has 0 saturated carbocycles. The lowest BCUT2D eigenvalue weighted by atomic mass is 10.2. The van der Waals surface area contributed by atoms with E-state index >= 15 is 0 Å². The van der Waals surface area contributed by atoms with Gasteiger partial charge in [0.1, 0.15) is 0 Å². The third kappa shape index (κ3) is 5.03. The lowest BCUT2D eigenvalue weighted by Gasteiger charge is -2.14. The monoisotopic (exact) mass is 411 g/mol. The molecule has 0 aliphatic heterocycles. The maximum Gasteiger partial charge on any atom is 0.338 e. The van der Waals surface area contributed by atoms with Crippen LogP contribution in [-0.2, 0) is 19.6 Å². The van der Waals surface area contributed by atoms with Crippen molar-refractivity contribution in [2.24, 2.45) is 0 Å². The zero-order chi connectivity index (χ0) is 20.2. The van der Waals surface area contributed by atoms with Gasteiger partial charge in [-0.2, -0.15) is 0 Å².